The standard InChI is InChI=1S/C24H29N3O4S/c1-13-10-27(19-18(28)11-31-20(13)19)23(30)21(24(3,4)5)26-22(29)16-8-6-15(7-9-16)17-12-32-14(2)25-17/h6-9,12-13,19-21H,10-11H2,1-5H3,(H,26,29)/t13-,19+,20+,21?/m0/s1. The molecule has 0 radical (unpaired) electrons. The van der Waals surface area contributed by atoms with Crippen LogP contribution in [0.1, 0.15) is 43.1 Å². The summed E-state index contributed by atoms with van der Waals surface area (Å²) in [6, 6.07) is 5.88. The fourth-order valence-electron chi connectivity index (χ4n) is 4.44. The molecule has 1 aromatic heterocycles. The van der Waals surface area contributed by atoms with Crippen LogP contribution in [0.3, 0.4) is 0 Å². The van der Waals surface area contributed by atoms with Gasteiger partial charge in [0.05, 0.1) is 16.8 Å². The number of aryl methyl sites for hydroxylation is 1. The minimum absolute atomic E-state index is 0.0425. The summed E-state index contributed by atoms with van der Waals surface area (Å²) in [6.45, 7) is 10.2. The van der Waals surface area contributed by atoms with E-state index >= 15 is 0 Å². The minimum atomic E-state index is -0.768. The fraction of sp³-hybridized carbons (Fsp3) is 0.500. The van der Waals surface area contributed by atoms with Crippen molar-refractivity contribution in [3.63, 3.8) is 0 Å². The predicted octanol–water partition coefficient (Wildman–Crippen LogP) is 3.08. The van der Waals surface area contributed by atoms with Crippen molar-refractivity contribution in [3.05, 3.63) is 40.2 Å². The van der Waals surface area contributed by atoms with E-state index in [0.717, 1.165) is 16.3 Å². The topological polar surface area (TPSA) is 88.6 Å². The predicted molar refractivity (Wildman–Crippen MR) is 122 cm³/mol. The Morgan fingerprint density at radius 3 is 2.53 bits per heavy atom. The van der Waals surface area contributed by atoms with Crippen LogP contribution in [0.15, 0.2) is 29.6 Å². The number of thiazole rings is 1. The van der Waals surface area contributed by atoms with E-state index in [1.165, 1.54) is 0 Å². The molecule has 4 atom stereocenters. The third-order valence-electron chi connectivity index (χ3n) is 6.17. The summed E-state index contributed by atoms with van der Waals surface area (Å²) in [5, 5.41) is 5.89. The number of rotatable bonds is 4. The van der Waals surface area contributed by atoms with Gasteiger partial charge in [0.2, 0.25) is 5.91 Å². The lowest BCUT2D eigenvalue weighted by atomic mass is 9.85. The number of fused-ring (bicyclic) bond motifs is 1. The van der Waals surface area contributed by atoms with Gasteiger partial charge in [-0.1, -0.05) is 39.8 Å². The molecule has 3 heterocycles. The molecule has 0 aliphatic carbocycles. The molecule has 2 aliphatic heterocycles. The third-order valence-corrected chi connectivity index (χ3v) is 6.95. The molecule has 2 fully saturated rings. The summed E-state index contributed by atoms with van der Waals surface area (Å²) < 4.78 is 5.61. The highest BCUT2D eigenvalue weighted by atomic mass is 32.1. The summed E-state index contributed by atoms with van der Waals surface area (Å²) in [7, 11) is 0. The first-order chi connectivity index (χ1) is 15.1. The van der Waals surface area contributed by atoms with Crippen molar-refractivity contribution in [2.45, 2.75) is 52.8 Å². The zero-order valence-electron chi connectivity index (χ0n) is 19.0. The van der Waals surface area contributed by atoms with E-state index in [9.17, 15) is 14.4 Å². The maximum absolute atomic E-state index is 13.5. The van der Waals surface area contributed by atoms with Gasteiger partial charge in [0, 0.05) is 29.0 Å². The van der Waals surface area contributed by atoms with Crippen molar-refractivity contribution in [1.82, 2.24) is 15.2 Å². The molecular weight excluding hydrogens is 426 g/mol. The summed E-state index contributed by atoms with van der Waals surface area (Å²) in [6.07, 6.45) is -0.260. The second-order valence-corrected chi connectivity index (χ2v) is 10.8. The first kappa shape index (κ1) is 22.6. The van der Waals surface area contributed by atoms with Gasteiger partial charge in [-0.2, -0.15) is 0 Å². The average Bonchev–Trinajstić information content (AvgIpc) is 3.43. The van der Waals surface area contributed by atoms with E-state index in [0.29, 0.717) is 12.1 Å². The lowest BCUT2D eigenvalue weighted by molar-refractivity contribution is -0.140. The van der Waals surface area contributed by atoms with Gasteiger partial charge in [-0.3, -0.25) is 14.4 Å². The Balaban J connectivity index is 1.52. The average molecular weight is 456 g/mol. The Morgan fingerprint density at radius 2 is 1.94 bits per heavy atom. The number of aromatic nitrogens is 1. The Labute approximate surface area is 192 Å². The zero-order valence-corrected chi connectivity index (χ0v) is 19.9. The molecule has 4 rings (SSSR count). The van der Waals surface area contributed by atoms with Crippen molar-refractivity contribution in [2.75, 3.05) is 13.2 Å². The molecule has 2 amide bonds. The highest BCUT2D eigenvalue weighted by Gasteiger charge is 2.52. The van der Waals surface area contributed by atoms with Gasteiger partial charge in [0.1, 0.15) is 18.7 Å². The van der Waals surface area contributed by atoms with Crippen molar-refractivity contribution >= 4 is 28.9 Å². The number of nitrogens with one attached hydrogen (secondary N) is 1. The first-order valence-electron chi connectivity index (χ1n) is 10.8. The van der Waals surface area contributed by atoms with Gasteiger partial charge < -0.3 is 15.0 Å². The van der Waals surface area contributed by atoms with E-state index < -0.39 is 17.5 Å². The van der Waals surface area contributed by atoms with E-state index in [-0.39, 0.29) is 36.2 Å². The Morgan fingerprint density at radius 1 is 1.25 bits per heavy atom. The molecule has 1 unspecified atom stereocenters. The number of carbonyl (C=O) groups is 3. The smallest absolute Gasteiger partial charge is 0.251 e. The van der Waals surface area contributed by atoms with Gasteiger partial charge in [-0.05, 0) is 24.5 Å². The van der Waals surface area contributed by atoms with Gasteiger partial charge >= 0.3 is 0 Å². The van der Waals surface area contributed by atoms with Crippen LogP contribution < -0.4 is 5.32 Å². The largest absolute Gasteiger partial charge is 0.367 e. The second-order valence-electron chi connectivity index (χ2n) is 9.76. The van der Waals surface area contributed by atoms with Crippen LogP contribution >= 0.6 is 11.3 Å². The number of nitrogens with zero attached hydrogens (tertiary/aromatic N) is 2. The number of ether oxygens (including phenoxy) is 1. The molecule has 2 aliphatic rings. The third kappa shape index (κ3) is 4.21. The van der Waals surface area contributed by atoms with Crippen LogP contribution in [-0.4, -0.2) is 58.8 Å². The van der Waals surface area contributed by atoms with Gasteiger partial charge in [0.25, 0.3) is 5.91 Å². The number of likely N-dealkylation sites (tertiary alicyclic amines) is 1. The van der Waals surface area contributed by atoms with Crippen LogP contribution in [0.2, 0.25) is 0 Å². The molecule has 1 aromatic carbocycles. The highest BCUT2D eigenvalue weighted by molar-refractivity contribution is 7.09. The van der Waals surface area contributed by atoms with E-state index in [4.69, 9.17) is 4.74 Å². The fourth-order valence-corrected chi connectivity index (χ4v) is 5.06. The maximum atomic E-state index is 13.5. The molecular formula is C24H29N3O4S. The normalized spacial score (nSPS) is 23.8. The number of Topliss-reactive ketones (excluding diaryl/α,β-unsaturated/α-hetero) is 1. The molecule has 0 spiro atoms. The number of hydrogen-bond acceptors (Lipinski definition) is 6. The number of carbonyl (C=O) groups excluding carboxylic acids is 3. The van der Waals surface area contributed by atoms with Gasteiger partial charge in [-0.25, -0.2) is 4.98 Å². The van der Waals surface area contributed by atoms with Crippen LogP contribution in [-0.2, 0) is 14.3 Å². The molecule has 7 nitrogen and oxygen atoms in total. The molecule has 0 bridgehead atoms. The highest BCUT2D eigenvalue weighted by Crippen LogP contribution is 2.34. The molecule has 170 valence electrons. The number of amides is 2. The maximum Gasteiger partial charge on any atom is 0.251 e. The van der Waals surface area contributed by atoms with Crippen molar-refractivity contribution < 1.29 is 19.1 Å². The van der Waals surface area contributed by atoms with Crippen LogP contribution in [0.4, 0.5) is 0 Å². The lowest BCUT2D eigenvalue weighted by Gasteiger charge is -2.35. The Hall–Kier alpha value is -2.58. The van der Waals surface area contributed by atoms with Crippen molar-refractivity contribution in [3.8, 4) is 11.3 Å². The first-order valence-corrected chi connectivity index (χ1v) is 11.7. The van der Waals surface area contributed by atoms with Crippen LogP contribution in [0.5, 0.6) is 0 Å². The summed E-state index contributed by atoms with van der Waals surface area (Å²) >= 11 is 1.58. The SMILES string of the molecule is Cc1nc(-c2ccc(C(=O)NC(C(=O)N3C[C@H](C)[C@H]4OCC(=O)[C@H]43)C(C)(C)C)cc2)cs1. The second kappa shape index (κ2) is 8.41. The van der Waals surface area contributed by atoms with E-state index in [1.807, 2.05) is 52.1 Å². The number of benzene rings is 1. The van der Waals surface area contributed by atoms with Gasteiger partial charge in [-0.15, -0.1) is 11.3 Å². The van der Waals surface area contributed by atoms with Crippen LogP contribution in [0, 0.1) is 18.3 Å². The number of hydrogen-bond donors (Lipinski definition) is 1. The van der Waals surface area contributed by atoms with Gasteiger partial charge in [0.15, 0.2) is 5.78 Å². The molecule has 1 N–H and O–H groups in total. The summed E-state index contributed by atoms with van der Waals surface area (Å²) in [5.41, 5.74) is 1.75. The molecule has 2 aromatic rings. The van der Waals surface area contributed by atoms with Crippen LogP contribution in [0.25, 0.3) is 11.3 Å². The molecule has 0 saturated carbocycles. The molecule has 32 heavy (non-hydrogen) atoms. The number of ketones is 1. The van der Waals surface area contributed by atoms with E-state index in [2.05, 4.69) is 10.3 Å². The molecule has 2 saturated heterocycles. The Kier molecular flexibility index (Phi) is 5.94. The van der Waals surface area contributed by atoms with E-state index in [1.54, 1.807) is 28.4 Å². The van der Waals surface area contributed by atoms with Crippen molar-refractivity contribution in [1.29, 1.82) is 0 Å². The quantitative estimate of drug-likeness (QED) is 0.765. The lowest BCUT2D eigenvalue weighted by Crippen LogP contribution is -2.57. The summed E-state index contributed by atoms with van der Waals surface area (Å²) in [5.74, 6) is -0.552. The Bertz CT molecular complexity index is 1040. The molecule has 8 heteroatoms. The minimum Gasteiger partial charge on any atom is -0.367 e. The summed E-state index contributed by atoms with van der Waals surface area (Å²) in [4.78, 5) is 45.0. The monoisotopic (exact) mass is 455 g/mol. The zero-order chi connectivity index (χ0) is 23.2. The van der Waals surface area contributed by atoms with Crippen molar-refractivity contribution in [2.24, 2.45) is 11.3 Å².